The second kappa shape index (κ2) is 10.0. The van der Waals surface area contributed by atoms with Crippen molar-refractivity contribution in [2.75, 3.05) is 0 Å². The molecule has 0 aliphatic heterocycles. The summed E-state index contributed by atoms with van der Waals surface area (Å²) >= 11 is 0. The molecule has 3 nitrogen and oxygen atoms in total. The highest BCUT2D eigenvalue weighted by atomic mass is 16.3. The van der Waals surface area contributed by atoms with Gasteiger partial charge in [0.2, 0.25) is 0 Å². The molecule has 1 heterocycles. The van der Waals surface area contributed by atoms with E-state index in [9.17, 15) is 5.11 Å². The monoisotopic (exact) mass is 396 g/mol. The van der Waals surface area contributed by atoms with Gasteiger partial charge in [-0.1, -0.05) is 91.0 Å². The van der Waals surface area contributed by atoms with E-state index in [4.69, 9.17) is 0 Å². The van der Waals surface area contributed by atoms with E-state index in [0.717, 1.165) is 31.5 Å². The zero-order valence-electron chi connectivity index (χ0n) is 17.1. The van der Waals surface area contributed by atoms with Crippen LogP contribution in [0.3, 0.4) is 0 Å². The Bertz CT molecular complexity index is 973. The summed E-state index contributed by atoms with van der Waals surface area (Å²) in [5.41, 5.74) is 4.74. The molecule has 1 atom stereocenters. The first kappa shape index (κ1) is 20.1. The highest BCUT2D eigenvalue weighted by Gasteiger charge is 2.17. The first-order chi connectivity index (χ1) is 14.8. The van der Waals surface area contributed by atoms with E-state index in [1.165, 1.54) is 16.7 Å². The molecule has 0 aliphatic carbocycles. The van der Waals surface area contributed by atoms with Crippen LogP contribution in [0.2, 0.25) is 0 Å². The van der Waals surface area contributed by atoms with Crippen LogP contribution in [0.4, 0.5) is 0 Å². The van der Waals surface area contributed by atoms with Crippen molar-refractivity contribution in [3.8, 4) is 0 Å². The Hall–Kier alpha value is -3.17. The summed E-state index contributed by atoms with van der Waals surface area (Å²) < 4.78 is 2.05. The summed E-state index contributed by atoms with van der Waals surface area (Å²) in [5, 5.41) is 10.9. The molecule has 1 aromatic heterocycles. The second-order valence-corrected chi connectivity index (χ2v) is 7.75. The van der Waals surface area contributed by atoms with Crippen molar-refractivity contribution in [1.82, 2.24) is 9.55 Å². The van der Waals surface area contributed by atoms with E-state index in [0.29, 0.717) is 5.92 Å². The SMILES string of the molecule is OC(CCCC(c1ccccc1)c1ccccc1)c1cncn1Cc1ccccc1. The van der Waals surface area contributed by atoms with Crippen molar-refractivity contribution in [3.63, 3.8) is 0 Å². The maximum Gasteiger partial charge on any atom is 0.0955 e. The van der Waals surface area contributed by atoms with Gasteiger partial charge in [0.05, 0.1) is 24.3 Å². The van der Waals surface area contributed by atoms with Gasteiger partial charge in [-0.25, -0.2) is 4.98 Å². The normalized spacial score (nSPS) is 12.2. The fraction of sp³-hybridized carbons (Fsp3) is 0.222. The predicted molar refractivity (Wildman–Crippen MR) is 121 cm³/mol. The van der Waals surface area contributed by atoms with E-state index < -0.39 is 6.10 Å². The predicted octanol–water partition coefficient (Wildman–Crippen LogP) is 5.97. The van der Waals surface area contributed by atoms with E-state index >= 15 is 0 Å². The molecule has 0 spiro atoms. The number of aromatic nitrogens is 2. The average Bonchev–Trinajstić information content (AvgIpc) is 3.27. The van der Waals surface area contributed by atoms with Crippen molar-refractivity contribution in [1.29, 1.82) is 0 Å². The van der Waals surface area contributed by atoms with E-state index in [-0.39, 0.29) is 0 Å². The summed E-state index contributed by atoms with van der Waals surface area (Å²) in [6, 6.07) is 31.6. The van der Waals surface area contributed by atoms with Crippen LogP contribution in [0.5, 0.6) is 0 Å². The van der Waals surface area contributed by atoms with Gasteiger partial charge in [0.1, 0.15) is 0 Å². The lowest BCUT2D eigenvalue weighted by Gasteiger charge is -2.19. The van der Waals surface area contributed by atoms with Gasteiger partial charge in [0, 0.05) is 12.5 Å². The van der Waals surface area contributed by atoms with E-state index in [1.807, 2.05) is 29.1 Å². The second-order valence-electron chi connectivity index (χ2n) is 7.75. The van der Waals surface area contributed by atoms with Gasteiger partial charge in [-0.05, 0) is 36.0 Å². The Morgan fingerprint density at radius 3 is 1.90 bits per heavy atom. The van der Waals surface area contributed by atoms with Crippen LogP contribution in [0, 0.1) is 0 Å². The van der Waals surface area contributed by atoms with Gasteiger partial charge >= 0.3 is 0 Å². The summed E-state index contributed by atoms with van der Waals surface area (Å²) in [7, 11) is 0. The number of hydrogen-bond acceptors (Lipinski definition) is 2. The number of benzene rings is 3. The minimum atomic E-state index is -0.511. The molecule has 0 saturated carbocycles. The third-order valence-corrected chi connectivity index (χ3v) is 5.66. The molecule has 3 aromatic carbocycles. The fourth-order valence-electron chi connectivity index (χ4n) is 4.08. The Balaban J connectivity index is 1.41. The van der Waals surface area contributed by atoms with Crippen LogP contribution in [-0.2, 0) is 6.54 Å². The topological polar surface area (TPSA) is 38.1 Å². The maximum absolute atomic E-state index is 10.9. The standard InChI is InChI=1S/C27H28N2O/c30-27(26-19-28-21-29(26)20-22-11-4-1-5-12-22)18-10-17-25(23-13-6-2-7-14-23)24-15-8-3-9-16-24/h1-9,11-16,19,21,25,27,30H,10,17-18,20H2. The molecule has 0 radical (unpaired) electrons. The Labute approximate surface area is 178 Å². The van der Waals surface area contributed by atoms with Gasteiger partial charge in [0.15, 0.2) is 0 Å². The van der Waals surface area contributed by atoms with Crippen LogP contribution >= 0.6 is 0 Å². The summed E-state index contributed by atoms with van der Waals surface area (Å²) in [6.07, 6.45) is 5.74. The largest absolute Gasteiger partial charge is 0.387 e. The number of nitrogens with zero attached hydrogens (tertiary/aromatic N) is 2. The highest BCUT2D eigenvalue weighted by molar-refractivity contribution is 5.32. The van der Waals surface area contributed by atoms with Crippen molar-refractivity contribution in [3.05, 3.63) is 126 Å². The highest BCUT2D eigenvalue weighted by Crippen LogP contribution is 2.31. The van der Waals surface area contributed by atoms with Gasteiger partial charge in [-0.2, -0.15) is 0 Å². The van der Waals surface area contributed by atoms with Crippen LogP contribution in [0.25, 0.3) is 0 Å². The summed E-state index contributed by atoms with van der Waals surface area (Å²) in [6.45, 7) is 0.726. The lowest BCUT2D eigenvalue weighted by atomic mass is 9.86. The zero-order valence-corrected chi connectivity index (χ0v) is 17.1. The van der Waals surface area contributed by atoms with Crippen LogP contribution in [0.1, 0.15) is 53.7 Å². The molecule has 0 amide bonds. The Morgan fingerprint density at radius 2 is 1.30 bits per heavy atom. The maximum atomic E-state index is 10.9. The number of aliphatic hydroxyl groups excluding tert-OH is 1. The third-order valence-electron chi connectivity index (χ3n) is 5.66. The van der Waals surface area contributed by atoms with E-state index in [1.54, 1.807) is 6.20 Å². The minimum absolute atomic E-state index is 0.342. The lowest BCUT2D eigenvalue weighted by molar-refractivity contribution is 0.154. The molecule has 0 bridgehead atoms. The number of imidazole rings is 1. The zero-order chi connectivity index (χ0) is 20.6. The summed E-state index contributed by atoms with van der Waals surface area (Å²) in [5.74, 6) is 0.342. The van der Waals surface area contributed by atoms with Gasteiger partial charge in [0.25, 0.3) is 0 Å². The molecular formula is C27H28N2O. The lowest BCUT2D eigenvalue weighted by Crippen LogP contribution is -2.09. The molecule has 1 unspecified atom stereocenters. The molecule has 4 aromatic rings. The fourth-order valence-corrected chi connectivity index (χ4v) is 4.08. The van der Waals surface area contributed by atoms with Crippen LogP contribution in [0.15, 0.2) is 104 Å². The van der Waals surface area contributed by atoms with Crippen molar-refractivity contribution in [2.45, 2.75) is 37.8 Å². The summed E-state index contributed by atoms with van der Waals surface area (Å²) in [4.78, 5) is 4.28. The molecule has 0 aliphatic rings. The molecule has 0 saturated heterocycles. The van der Waals surface area contributed by atoms with Crippen molar-refractivity contribution < 1.29 is 5.11 Å². The molecule has 152 valence electrons. The first-order valence-corrected chi connectivity index (χ1v) is 10.6. The smallest absolute Gasteiger partial charge is 0.0955 e. The molecule has 30 heavy (non-hydrogen) atoms. The Kier molecular flexibility index (Phi) is 6.73. The van der Waals surface area contributed by atoms with Crippen LogP contribution in [-0.4, -0.2) is 14.7 Å². The number of hydrogen-bond donors (Lipinski definition) is 1. The van der Waals surface area contributed by atoms with Gasteiger partial charge < -0.3 is 9.67 Å². The molecule has 1 N–H and O–H groups in total. The molecule has 3 heteroatoms. The molecule has 4 rings (SSSR count). The van der Waals surface area contributed by atoms with E-state index in [2.05, 4.69) is 77.8 Å². The van der Waals surface area contributed by atoms with Crippen molar-refractivity contribution in [2.24, 2.45) is 0 Å². The average molecular weight is 397 g/mol. The van der Waals surface area contributed by atoms with Crippen molar-refractivity contribution >= 4 is 0 Å². The number of rotatable bonds is 9. The molecular weight excluding hydrogens is 368 g/mol. The molecule has 0 fully saturated rings. The minimum Gasteiger partial charge on any atom is -0.387 e. The van der Waals surface area contributed by atoms with Gasteiger partial charge in [-0.3, -0.25) is 0 Å². The first-order valence-electron chi connectivity index (χ1n) is 10.6. The Morgan fingerprint density at radius 1 is 0.733 bits per heavy atom. The third kappa shape index (κ3) is 5.05. The number of aliphatic hydroxyl groups is 1. The van der Waals surface area contributed by atoms with Gasteiger partial charge in [-0.15, -0.1) is 0 Å². The van der Waals surface area contributed by atoms with Crippen LogP contribution < -0.4 is 0 Å². The quantitative estimate of drug-likeness (QED) is 0.379.